The molecule has 2 rings (SSSR count). The molecule has 5 heteroatoms. The molecule has 0 heterocycles. The summed E-state index contributed by atoms with van der Waals surface area (Å²) in [6.07, 6.45) is 0. The van der Waals surface area contributed by atoms with Crippen LogP contribution < -0.4 is 5.73 Å². The smallest absolute Gasteiger partial charge is 0.199 e. The Morgan fingerprint density at radius 1 is 1.21 bits per heavy atom. The fourth-order valence-corrected chi connectivity index (χ4v) is 1.86. The van der Waals surface area contributed by atoms with E-state index in [-0.39, 0.29) is 16.1 Å². The predicted octanol–water partition coefficient (Wildman–Crippen LogP) is 3.74. The minimum atomic E-state index is -0.902. The van der Waals surface area contributed by atoms with Gasteiger partial charge in [-0.1, -0.05) is 17.7 Å². The summed E-state index contributed by atoms with van der Waals surface area (Å²) < 4.78 is 27.5. The molecule has 0 radical (unpaired) electrons. The molecule has 0 saturated heterocycles. The van der Waals surface area contributed by atoms with Crippen LogP contribution in [0, 0.1) is 18.6 Å². The molecule has 2 nitrogen and oxygen atoms in total. The standard InChI is InChI=1S/C14H10ClF2NO/c1-7-2-4-10(16)12(13(7)17)14(19)8-3-5-11(18)9(15)6-8/h2-6H,18H2,1H3. The van der Waals surface area contributed by atoms with Gasteiger partial charge in [0.1, 0.15) is 11.6 Å². The van der Waals surface area contributed by atoms with Gasteiger partial charge in [-0.25, -0.2) is 8.78 Å². The van der Waals surface area contributed by atoms with Crippen molar-refractivity contribution in [2.75, 3.05) is 5.73 Å². The van der Waals surface area contributed by atoms with Gasteiger partial charge < -0.3 is 5.73 Å². The number of carbonyl (C=O) groups is 1. The number of ketones is 1. The summed E-state index contributed by atoms with van der Waals surface area (Å²) in [6.45, 7) is 1.46. The maximum absolute atomic E-state index is 13.9. The van der Waals surface area contributed by atoms with E-state index >= 15 is 0 Å². The maximum Gasteiger partial charge on any atom is 0.199 e. The number of benzene rings is 2. The van der Waals surface area contributed by atoms with Crippen molar-refractivity contribution in [1.82, 2.24) is 0 Å². The van der Waals surface area contributed by atoms with Gasteiger partial charge in [-0.2, -0.15) is 0 Å². The summed E-state index contributed by atoms with van der Waals surface area (Å²) in [5.41, 5.74) is 5.52. The van der Waals surface area contributed by atoms with Crippen molar-refractivity contribution >= 4 is 23.1 Å². The number of carbonyl (C=O) groups excluding carboxylic acids is 1. The Kier molecular flexibility index (Phi) is 3.53. The van der Waals surface area contributed by atoms with Crippen LogP contribution in [0.3, 0.4) is 0 Å². The first-order chi connectivity index (χ1) is 8.91. The fourth-order valence-electron chi connectivity index (χ4n) is 1.68. The van der Waals surface area contributed by atoms with Gasteiger partial charge in [0, 0.05) is 5.56 Å². The molecule has 0 spiro atoms. The van der Waals surface area contributed by atoms with Crippen molar-refractivity contribution in [3.63, 3.8) is 0 Å². The molecule has 0 amide bonds. The lowest BCUT2D eigenvalue weighted by Crippen LogP contribution is -2.09. The van der Waals surface area contributed by atoms with Gasteiger partial charge in [0.05, 0.1) is 16.3 Å². The molecule has 0 aliphatic rings. The summed E-state index contributed by atoms with van der Waals surface area (Å²) in [5, 5.41) is 0.166. The van der Waals surface area contributed by atoms with E-state index in [4.69, 9.17) is 17.3 Å². The van der Waals surface area contributed by atoms with Crippen LogP contribution in [-0.2, 0) is 0 Å². The second kappa shape index (κ2) is 4.97. The van der Waals surface area contributed by atoms with Crippen LogP contribution in [0.2, 0.25) is 5.02 Å². The van der Waals surface area contributed by atoms with E-state index in [1.807, 2.05) is 0 Å². The van der Waals surface area contributed by atoms with Gasteiger partial charge in [0.25, 0.3) is 0 Å². The second-order valence-corrected chi connectivity index (χ2v) is 4.53. The average Bonchev–Trinajstić information content (AvgIpc) is 2.37. The molecular formula is C14H10ClF2NO. The summed E-state index contributed by atoms with van der Waals surface area (Å²) in [4.78, 5) is 12.1. The summed E-state index contributed by atoms with van der Waals surface area (Å²) in [6, 6.07) is 6.42. The molecule has 0 aliphatic heterocycles. The lowest BCUT2D eigenvalue weighted by Gasteiger charge is -2.07. The van der Waals surface area contributed by atoms with Crippen molar-refractivity contribution in [3.8, 4) is 0 Å². The number of nitrogens with two attached hydrogens (primary N) is 1. The zero-order valence-electron chi connectivity index (χ0n) is 10.0. The van der Waals surface area contributed by atoms with Gasteiger partial charge in [-0.15, -0.1) is 0 Å². The molecule has 0 atom stereocenters. The molecule has 0 unspecified atom stereocenters. The van der Waals surface area contributed by atoms with Crippen molar-refractivity contribution in [1.29, 1.82) is 0 Å². The van der Waals surface area contributed by atoms with Gasteiger partial charge >= 0.3 is 0 Å². The minimum absolute atomic E-state index is 0.0857. The number of nitrogen functional groups attached to an aromatic ring is 1. The first kappa shape index (κ1) is 13.5. The van der Waals surface area contributed by atoms with E-state index in [9.17, 15) is 13.6 Å². The molecule has 0 bridgehead atoms. The highest BCUT2D eigenvalue weighted by Gasteiger charge is 2.20. The van der Waals surface area contributed by atoms with E-state index < -0.39 is 23.0 Å². The number of hydrogen-bond donors (Lipinski definition) is 1. The predicted molar refractivity (Wildman–Crippen MR) is 70.4 cm³/mol. The van der Waals surface area contributed by atoms with E-state index in [0.717, 1.165) is 6.07 Å². The van der Waals surface area contributed by atoms with E-state index in [1.165, 1.54) is 31.2 Å². The third-order valence-electron chi connectivity index (χ3n) is 2.77. The van der Waals surface area contributed by atoms with Gasteiger partial charge in [0.2, 0.25) is 0 Å². The third-order valence-corrected chi connectivity index (χ3v) is 3.10. The van der Waals surface area contributed by atoms with Gasteiger partial charge in [-0.05, 0) is 36.8 Å². The van der Waals surface area contributed by atoms with Crippen LogP contribution in [0.25, 0.3) is 0 Å². The molecule has 98 valence electrons. The van der Waals surface area contributed by atoms with Gasteiger partial charge in [0.15, 0.2) is 5.78 Å². The molecule has 2 aromatic rings. The SMILES string of the molecule is Cc1ccc(F)c(C(=O)c2ccc(N)c(Cl)c2)c1F. The molecule has 2 aromatic carbocycles. The summed E-state index contributed by atoms with van der Waals surface area (Å²) >= 11 is 5.79. The molecule has 0 aliphatic carbocycles. The van der Waals surface area contributed by atoms with Crippen LogP contribution in [-0.4, -0.2) is 5.78 Å². The first-order valence-corrected chi connectivity index (χ1v) is 5.84. The number of anilines is 1. The molecule has 0 saturated carbocycles. The quantitative estimate of drug-likeness (QED) is 0.673. The second-order valence-electron chi connectivity index (χ2n) is 4.12. The minimum Gasteiger partial charge on any atom is -0.398 e. The van der Waals surface area contributed by atoms with Crippen LogP contribution >= 0.6 is 11.6 Å². The average molecular weight is 282 g/mol. The van der Waals surface area contributed by atoms with E-state index in [2.05, 4.69) is 0 Å². The molecule has 2 N–H and O–H groups in total. The molecular weight excluding hydrogens is 272 g/mol. The Balaban J connectivity index is 2.56. The van der Waals surface area contributed by atoms with E-state index in [1.54, 1.807) is 0 Å². The zero-order chi connectivity index (χ0) is 14.2. The number of rotatable bonds is 2. The van der Waals surface area contributed by atoms with Crippen LogP contribution in [0.4, 0.5) is 14.5 Å². The molecule has 0 fully saturated rings. The lowest BCUT2D eigenvalue weighted by atomic mass is 10.00. The monoisotopic (exact) mass is 281 g/mol. The highest BCUT2D eigenvalue weighted by atomic mass is 35.5. The first-order valence-electron chi connectivity index (χ1n) is 5.46. The van der Waals surface area contributed by atoms with Crippen LogP contribution in [0.5, 0.6) is 0 Å². The largest absolute Gasteiger partial charge is 0.398 e. The third kappa shape index (κ3) is 2.44. The molecule has 0 aromatic heterocycles. The summed E-state index contributed by atoms with van der Waals surface area (Å²) in [7, 11) is 0. The fraction of sp³-hybridized carbons (Fsp3) is 0.0714. The lowest BCUT2D eigenvalue weighted by molar-refractivity contribution is 0.103. The number of hydrogen-bond acceptors (Lipinski definition) is 2. The van der Waals surface area contributed by atoms with Crippen LogP contribution in [0.15, 0.2) is 30.3 Å². The highest BCUT2D eigenvalue weighted by Crippen LogP contribution is 2.24. The summed E-state index contributed by atoms with van der Waals surface area (Å²) in [5.74, 6) is -2.53. The van der Waals surface area contributed by atoms with Gasteiger partial charge in [-0.3, -0.25) is 4.79 Å². The van der Waals surface area contributed by atoms with Crippen molar-refractivity contribution < 1.29 is 13.6 Å². The van der Waals surface area contributed by atoms with Crippen molar-refractivity contribution in [2.24, 2.45) is 0 Å². The Morgan fingerprint density at radius 2 is 1.89 bits per heavy atom. The topological polar surface area (TPSA) is 43.1 Å². The normalized spacial score (nSPS) is 10.5. The molecule has 19 heavy (non-hydrogen) atoms. The Labute approximate surface area is 113 Å². The number of aryl methyl sites for hydroxylation is 1. The Bertz CT molecular complexity index is 671. The highest BCUT2D eigenvalue weighted by molar-refractivity contribution is 6.33. The zero-order valence-corrected chi connectivity index (χ0v) is 10.8. The number of halogens is 3. The van der Waals surface area contributed by atoms with E-state index in [0.29, 0.717) is 5.69 Å². The Hall–Kier alpha value is -1.94. The Morgan fingerprint density at radius 3 is 2.53 bits per heavy atom. The van der Waals surface area contributed by atoms with Crippen molar-refractivity contribution in [2.45, 2.75) is 6.92 Å². The van der Waals surface area contributed by atoms with Crippen LogP contribution in [0.1, 0.15) is 21.5 Å². The van der Waals surface area contributed by atoms with Crippen molar-refractivity contribution in [3.05, 3.63) is 63.7 Å². The maximum atomic E-state index is 13.9.